The van der Waals surface area contributed by atoms with E-state index >= 15 is 0 Å². The van der Waals surface area contributed by atoms with E-state index in [0.717, 1.165) is 17.3 Å². The molecule has 0 aliphatic carbocycles. The number of aromatic nitrogens is 1. The van der Waals surface area contributed by atoms with Crippen LogP contribution in [0.25, 0.3) is 0 Å². The van der Waals surface area contributed by atoms with E-state index in [1.54, 1.807) is 18.0 Å². The summed E-state index contributed by atoms with van der Waals surface area (Å²) in [5.74, 6) is 1.73. The second-order valence-corrected chi connectivity index (χ2v) is 4.77. The van der Waals surface area contributed by atoms with E-state index in [0.29, 0.717) is 10.9 Å². The summed E-state index contributed by atoms with van der Waals surface area (Å²) in [6.07, 6.45) is 1.69. The van der Waals surface area contributed by atoms with E-state index in [1.165, 1.54) is 0 Å². The van der Waals surface area contributed by atoms with Crippen molar-refractivity contribution in [3.63, 3.8) is 0 Å². The van der Waals surface area contributed by atoms with Crippen LogP contribution in [0.3, 0.4) is 0 Å². The quantitative estimate of drug-likeness (QED) is 0.788. The fraction of sp³-hybridized carbons (Fsp3) is 0.500. The van der Waals surface area contributed by atoms with Gasteiger partial charge in [-0.15, -0.1) is 11.8 Å². The smallest absolute Gasteiger partial charge is 0.0961 e. The number of thioether (sulfide) groups is 1. The predicted molar refractivity (Wildman–Crippen MR) is 63.1 cm³/mol. The van der Waals surface area contributed by atoms with Crippen LogP contribution >= 0.6 is 23.4 Å². The number of rotatable bonds is 5. The highest BCUT2D eigenvalue weighted by atomic mass is 35.5. The molecule has 14 heavy (non-hydrogen) atoms. The van der Waals surface area contributed by atoms with Gasteiger partial charge in [-0.25, -0.2) is 4.98 Å². The molecule has 0 radical (unpaired) electrons. The van der Waals surface area contributed by atoms with Crippen molar-refractivity contribution in [1.82, 2.24) is 10.3 Å². The van der Waals surface area contributed by atoms with Gasteiger partial charge in [-0.3, -0.25) is 0 Å². The minimum absolute atomic E-state index is 0.655. The van der Waals surface area contributed by atoms with E-state index in [9.17, 15) is 0 Å². The molecule has 1 heterocycles. The molecular formula is C10H15ClN2S. The van der Waals surface area contributed by atoms with Gasteiger partial charge in [0.1, 0.15) is 0 Å². The summed E-state index contributed by atoms with van der Waals surface area (Å²) in [5, 5.41) is 4.89. The lowest BCUT2D eigenvalue weighted by Gasteiger charge is -2.09. The lowest BCUT2D eigenvalue weighted by atomic mass is 10.2. The average Bonchev–Trinajstić information content (AvgIpc) is 2.17. The van der Waals surface area contributed by atoms with Crippen LogP contribution in [0.1, 0.15) is 6.92 Å². The maximum Gasteiger partial charge on any atom is 0.0961 e. The fourth-order valence-electron chi connectivity index (χ4n) is 1.08. The topological polar surface area (TPSA) is 24.9 Å². The average molecular weight is 231 g/mol. The summed E-state index contributed by atoms with van der Waals surface area (Å²) < 4.78 is 0. The van der Waals surface area contributed by atoms with E-state index in [1.807, 2.05) is 19.2 Å². The summed E-state index contributed by atoms with van der Waals surface area (Å²) in [7, 11) is 1.97. The number of hydrogen-bond donors (Lipinski definition) is 1. The molecule has 0 aliphatic heterocycles. The summed E-state index contributed by atoms with van der Waals surface area (Å²) in [5.41, 5.74) is 0. The summed E-state index contributed by atoms with van der Waals surface area (Å²) in [4.78, 5) is 4.22. The van der Waals surface area contributed by atoms with Crippen molar-refractivity contribution in [2.24, 2.45) is 5.92 Å². The van der Waals surface area contributed by atoms with Gasteiger partial charge in [0, 0.05) is 11.9 Å². The third-order valence-corrected chi connectivity index (χ3v) is 3.27. The highest BCUT2D eigenvalue weighted by Gasteiger charge is 2.02. The van der Waals surface area contributed by atoms with Gasteiger partial charge >= 0.3 is 0 Å². The van der Waals surface area contributed by atoms with Crippen molar-refractivity contribution in [1.29, 1.82) is 0 Å². The van der Waals surface area contributed by atoms with Crippen LogP contribution < -0.4 is 5.32 Å². The van der Waals surface area contributed by atoms with Crippen molar-refractivity contribution in [3.8, 4) is 0 Å². The Kier molecular flexibility index (Phi) is 5.30. The molecule has 78 valence electrons. The third kappa shape index (κ3) is 4.31. The van der Waals surface area contributed by atoms with Crippen molar-refractivity contribution < 1.29 is 0 Å². The normalized spacial score (nSPS) is 12.8. The molecule has 0 bridgehead atoms. The third-order valence-electron chi connectivity index (χ3n) is 1.77. The van der Waals surface area contributed by atoms with Crippen LogP contribution in [0.15, 0.2) is 23.4 Å². The molecule has 0 saturated heterocycles. The second-order valence-electron chi connectivity index (χ2n) is 3.29. The van der Waals surface area contributed by atoms with Gasteiger partial charge in [-0.2, -0.15) is 0 Å². The molecule has 0 aromatic carbocycles. The molecule has 1 aromatic rings. The first kappa shape index (κ1) is 11.8. The zero-order chi connectivity index (χ0) is 10.4. The van der Waals surface area contributed by atoms with Crippen LogP contribution in [-0.2, 0) is 0 Å². The van der Waals surface area contributed by atoms with Crippen LogP contribution in [0.5, 0.6) is 0 Å². The van der Waals surface area contributed by atoms with Gasteiger partial charge in [0.2, 0.25) is 0 Å². The Labute approximate surface area is 94.5 Å². The van der Waals surface area contributed by atoms with Gasteiger partial charge < -0.3 is 5.32 Å². The van der Waals surface area contributed by atoms with Gasteiger partial charge in [-0.05, 0) is 31.6 Å². The molecule has 2 nitrogen and oxygen atoms in total. The van der Waals surface area contributed by atoms with Crippen LogP contribution in [0.4, 0.5) is 0 Å². The number of halogens is 1. The van der Waals surface area contributed by atoms with Crippen LogP contribution in [-0.4, -0.2) is 24.3 Å². The molecule has 4 heteroatoms. The molecule has 0 spiro atoms. The Bertz CT molecular complexity index is 263. The number of pyridine rings is 1. The molecular weight excluding hydrogens is 216 g/mol. The largest absolute Gasteiger partial charge is 0.319 e. The summed E-state index contributed by atoms with van der Waals surface area (Å²) in [6, 6.07) is 3.83. The minimum atomic E-state index is 0.655. The number of nitrogens with zero attached hydrogens (tertiary/aromatic N) is 1. The number of hydrogen-bond acceptors (Lipinski definition) is 3. The maximum atomic E-state index is 5.74. The van der Waals surface area contributed by atoms with E-state index in [-0.39, 0.29) is 0 Å². The Balaban J connectivity index is 2.34. The van der Waals surface area contributed by atoms with E-state index in [2.05, 4.69) is 17.2 Å². The molecule has 1 unspecified atom stereocenters. The molecule has 0 amide bonds. The molecule has 1 aromatic heterocycles. The number of nitrogens with one attached hydrogen (secondary N) is 1. The standard InChI is InChI=1S/C10H15ClN2S/c1-8(5-12-2)7-14-10-4-3-9(11)6-13-10/h3-4,6,8,12H,5,7H2,1-2H3. The summed E-state index contributed by atoms with van der Waals surface area (Å²) in [6.45, 7) is 3.26. The first-order chi connectivity index (χ1) is 6.72. The SMILES string of the molecule is CNCC(C)CSc1ccc(Cl)cn1. The second kappa shape index (κ2) is 6.27. The zero-order valence-electron chi connectivity index (χ0n) is 8.46. The van der Waals surface area contributed by atoms with Crippen molar-refractivity contribution in [2.45, 2.75) is 11.9 Å². The van der Waals surface area contributed by atoms with Gasteiger partial charge in [0.25, 0.3) is 0 Å². The van der Waals surface area contributed by atoms with E-state index < -0.39 is 0 Å². The molecule has 0 saturated carbocycles. The molecule has 0 aliphatic rings. The zero-order valence-corrected chi connectivity index (χ0v) is 10.0. The fourth-order valence-corrected chi connectivity index (χ4v) is 2.06. The van der Waals surface area contributed by atoms with E-state index in [4.69, 9.17) is 11.6 Å². The van der Waals surface area contributed by atoms with Gasteiger partial charge in [-0.1, -0.05) is 18.5 Å². The first-order valence-corrected chi connectivity index (χ1v) is 5.97. The Hall–Kier alpha value is -0.250. The lowest BCUT2D eigenvalue weighted by molar-refractivity contribution is 0.603. The van der Waals surface area contributed by atoms with Crippen molar-refractivity contribution >= 4 is 23.4 Å². The van der Waals surface area contributed by atoms with Crippen molar-refractivity contribution in [2.75, 3.05) is 19.3 Å². The first-order valence-electron chi connectivity index (χ1n) is 4.61. The van der Waals surface area contributed by atoms with Crippen LogP contribution in [0, 0.1) is 5.92 Å². The van der Waals surface area contributed by atoms with Gasteiger partial charge in [0.15, 0.2) is 0 Å². The van der Waals surface area contributed by atoms with Crippen LogP contribution in [0.2, 0.25) is 5.02 Å². The van der Waals surface area contributed by atoms with Crippen molar-refractivity contribution in [3.05, 3.63) is 23.4 Å². The van der Waals surface area contributed by atoms with Gasteiger partial charge in [0.05, 0.1) is 10.0 Å². The molecule has 1 rings (SSSR count). The highest BCUT2D eigenvalue weighted by molar-refractivity contribution is 7.99. The minimum Gasteiger partial charge on any atom is -0.319 e. The highest BCUT2D eigenvalue weighted by Crippen LogP contribution is 2.19. The molecule has 1 N–H and O–H groups in total. The Morgan fingerprint density at radius 3 is 2.93 bits per heavy atom. The molecule has 0 fully saturated rings. The maximum absolute atomic E-state index is 5.74. The molecule has 1 atom stereocenters. The predicted octanol–water partition coefficient (Wildman–Crippen LogP) is 2.68. The lowest BCUT2D eigenvalue weighted by Crippen LogP contribution is -2.17. The monoisotopic (exact) mass is 230 g/mol. The Morgan fingerprint density at radius 1 is 1.57 bits per heavy atom. The summed E-state index contributed by atoms with van der Waals surface area (Å²) >= 11 is 7.51. The Morgan fingerprint density at radius 2 is 2.36 bits per heavy atom.